The summed E-state index contributed by atoms with van der Waals surface area (Å²) in [6.45, 7) is 3.33. The molecule has 4 rings (SSSR count). The highest BCUT2D eigenvalue weighted by Gasteiger charge is 2.53. The number of hydrogen-bond acceptors (Lipinski definition) is 8. The molecule has 1 amide bonds. The number of carbonyl (C=O) groups is 1. The lowest BCUT2D eigenvalue weighted by molar-refractivity contribution is -0.130. The number of benzene rings is 3. The molecule has 2 atom stereocenters. The lowest BCUT2D eigenvalue weighted by Crippen LogP contribution is -2.54. The minimum atomic E-state index is -1.43. The SMILES string of the molecule is CCCCCNNC(=O)[C@@]1(Cc2ccccc2CN=[N+]=[N-])N=C(c2ccc(OCCCO)cc2)O[C@H]1c1cccc(OC)c1. The summed E-state index contributed by atoms with van der Waals surface area (Å²) in [5, 5.41) is 12.8. The maximum Gasteiger partial charge on any atom is 0.266 e. The molecule has 0 aliphatic carbocycles. The van der Waals surface area contributed by atoms with Gasteiger partial charge in [0, 0.05) is 36.5 Å². The van der Waals surface area contributed by atoms with Crippen molar-refractivity contribution in [1.82, 2.24) is 10.9 Å². The Bertz CT molecular complexity index is 1460. The zero-order valence-electron chi connectivity index (χ0n) is 25.2. The van der Waals surface area contributed by atoms with Gasteiger partial charge >= 0.3 is 0 Å². The van der Waals surface area contributed by atoms with E-state index < -0.39 is 11.6 Å². The number of nitrogens with one attached hydrogen (secondary N) is 2. The number of aliphatic imine (C=N–C) groups is 1. The van der Waals surface area contributed by atoms with Gasteiger partial charge in [0.1, 0.15) is 11.5 Å². The number of rotatable bonds is 17. The van der Waals surface area contributed by atoms with Crippen LogP contribution in [-0.2, 0) is 22.5 Å². The molecule has 0 saturated carbocycles. The van der Waals surface area contributed by atoms with Crippen LogP contribution >= 0.6 is 0 Å². The highest BCUT2D eigenvalue weighted by atomic mass is 16.5. The van der Waals surface area contributed by atoms with Gasteiger partial charge in [-0.1, -0.05) is 61.3 Å². The van der Waals surface area contributed by atoms with E-state index in [1.54, 1.807) is 7.11 Å². The Kier molecular flexibility index (Phi) is 12.0. The summed E-state index contributed by atoms with van der Waals surface area (Å²) >= 11 is 0. The number of amides is 1. The molecule has 0 saturated heterocycles. The first kappa shape index (κ1) is 32.3. The van der Waals surface area contributed by atoms with Crippen LogP contribution < -0.4 is 20.3 Å². The zero-order chi connectivity index (χ0) is 31.2. The molecule has 1 aliphatic rings. The van der Waals surface area contributed by atoms with Gasteiger partial charge in [-0.2, -0.15) is 0 Å². The van der Waals surface area contributed by atoms with Gasteiger partial charge in [-0.05, 0) is 65.0 Å². The van der Waals surface area contributed by atoms with Crippen molar-refractivity contribution < 1.29 is 24.1 Å². The van der Waals surface area contributed by atoms with Crippen LogP contribution in [0.2, 0.25) is 0 Å². The summed E-state index contributed by atoms with van der Waals surface area (Å²) < 4.78 is 17.8. The van der Waals surface area contributed by atoms with Crippen LogP contribution in [0.5, 0.6) is 11.5 Å². The predicted octanol–water partition coefficient (Wildman–Crippen LogP) is 5.58. The Morgan fingerprint density at radius 2 is 1.86 bits per heavy atom. The number of hydrazine groups is 1. The number of hydrogen-bond donors (Lipinski definition) is 3. The molecule has 11 heteroatoms. The summed E-state index contributed by atoms with van der Waals surface area (Å²) in [7, 11) is 1.59. The quantitative estimate of drug-likeness (QED) is 0.0605. The van der Waals surface area contributed by atoms with Gasteiger partial charge in [0.15, 0.2) is 11.6 Å². The molecule has 0 radical (unpaired) electrons. The van der Waals surface area contributed by atoms with E-state index in [1.807, 2.05) is 72.8 Å². The summed E-state index contributed by atoms with van der Waals surface area (Å²) in [5.74, 6) is 1.24. The normalized spacial score (nSPS) is 17.2. The van der Waals surface area contributed by atoms with E-state index in [0.29, 0.717) is 42.5 Å². The molecule has 1 aliphatic heterocycles. The minimum absolute atomic E-state index is 0.0536. The van der Waals surface area contributed by atoms with Gasteiger partial charge in [0.05, 0.1) is 20.3 Å². The van der Waals surface area contributed by atoms with Crippen molar-refractivity contribution in [2.24, 2.45) is 10.1 Å². The van der Waals surface area contributed by atoms with Gasteiger partial charge in [0.25, 0.3) is 5.91 Å². The van der Waals surface area contributed by atoms with Crippen molar-refractivity contribution in [1.29, 1.82) is 0 Å². The fourth-order valence-corrected chi connectivity index (χ4v) is 5.08. The van der Waals surface area contributed by atoms with Crippen molar-refractivity contribution in [3.05, 3.63) is 105 Å². The van der Waals surface area contributed by atoms with Crippen molar-refractivity contribution >= 4 is 11.8 Å². The number of ether oxygens (including phenoxy) is 3. The molecule has 3 aromatic carbocycles. The van der Waals surface area contributed by atoms with E-state index in [0.717, 1.165) is 36.0 Å². The monoisotopic (exact) mass is 600 g/mol. The van der Waals surface area contributed by atoms with Crippen LogP contribution in [0.3, 0.4) is 0 Å². The second-order valence-electron chi connectivity index (χ2n) is 10.5. The van der Waals surface area contributed by atoms with E-state index in [1.165, 1.54) is 0 Å². The third-order valence-electron chi connectivity index (χ3n) is 7.42. The maximum atomic E-state index is 14.3. The molecule has 0 bridgehead atoms. The van der Waals surface area contributed by atoms with Crippen LogP contribution in [0, 0.1) is 0 Å². The van der Waals surface area contributed by atoms with E-state index in [2.05, 4.69) is 27.8 Å². The Labute approximate surface area is 257 Å². The topological polar surface area (TPSA) is 150 Å². The van der Waals surface area contributed by atoms with Crippen LogP contribution in [0.25, 0.3) is 10.4 Å². The second kappa shape index (κ2) is 16.3. The average Bonchev–Trinajstić information content (AvgIpc) is 3.45. The van der Waals surface area contributed by atoms with Gasteiger partial charge in [-0.3, -0.25) is 10.2 Å². The molecule has 3 aromatic rings. The third kappa shape index (κ3) is 8.08. The molecule has 0 fully saturated rings. The minimum Gasteiger partial charge on any atom is -0.497 e. The summed E-state index contributed by atoms with van der Waals surface area (Å²) in [5.41, 5.74) is 16.6. The highest BCUT2D eigenvalue weighted by Crippen LogP contribution is 2.43. The Morgan fingerprint density at radius 3 is 2.59 bits per heavy atom. The van der Waals surface area contributed by atoms with E-state index in [4.69, 9.17) is 29.8 Å². The van der Waals surface area contributed by atoms with Gasteiger partial charge in [-0.15, -0.1) is 0 Å². The average molecular weight is 601 g/mol. The van der Waals surface area contributed by atoms with Crippen molar-refractivity contribution in [2.75, 3.05) is 26.9 Å². The van der Waals surface area contributed by atoms with Gasteiger partial charge < -0.3 is 19.3 Å². The fourth-order valence-electron chi connectivity index (χ4n) is 5.08. The van der Waals surface area contributed by atoms with Crippen molar-refractivity contribution in [2.45, 2.75) is 57.2 Å². The fraction of sp³-hybridized carbons (Fsp3) is 0.394. The first-order chi connectivity index (χ1) is 21.5. The number of aliphatic hydroxyl groups excluding tert-OH is 1. The van der Waals surface area contributed by atoms with E-state index in [9.17, 15) is 4.79 Å². The molecule has 232 valence electrons. The van der Waals surface area contributed by atoms with Crippen LogP contribution in [0.1, 0.15) is 61.0 Å². The van der Waals surface area contributed by atoms with Gasteiger partial charge in [-0.25, -0.2) is 10.4 Å². The molecule has 0 spiro atoms. The van der Waals surface area contributed by atoms with Gasteiger partial charge in [0.2, 0.25) is 5.90 Å². The molecular formula is C33H40N6O5. The Morgan fingerprint density at radius 1 is 1.07 bits per heavy atom. The van der Waals surface area contributed by atoms with E-state index >= 15 is 0 Å². The van der Waals surface area contributed by atoms with Crippen molar-refractivity contribution in [3.8, 4) is 11.5 Å². The largest absolute Gasteiger partial charge is 0.497 e. The Hall–Kier alpha value is -4.57. The summed E-state index contributed by atoms with van der Waals surface area (Å²) in [6, 6.07) is 22.3. The third-order valence-corrected chi connectivity index (χ3v) is 7.42. The highest BCUT2D eigenvalue weighted by molar-refractivity contribution is 6.01. The summed E-state index contributed by atoms with van der Waals surface area (Å²) in [4.78, 5) is 22.3. The predicted molar refractivity (Wildman–Crippen MR) is 168 cm³/mol. The molecule has 3 N–H and O–H groups in total. The molecule has 11 nitrogen and oxygen atoms in total. The molecule has 44 heavy (non-hydrogen) atoms. The number of unbranched alkanes of at least 4 members (excludes halogenated alkanes) is 2. The Balaban J connectivity index is 1.79. The van der Waals surface area contributed by atoms with Crippen molar-refractivity contribution in [3.63, 3.8) is 0 Å². The number of carbonyl (C=O) groups excluding carboxylic acids is 1. The van der Waals surface area contributed by atoms with Crippen LogP contribution in [0.15, 0.2) is 82.9 Å². The first-order valence-electron chi connectivity index (χ1n) is 14.9. The smallest absolute Gasteiger partial charge is 0.266 e. The lowest BCUT2D eigenvalue weighted by atomic mass is 9.81. The van der Waals surface area contributed by atoms with E-state index in [-0.39, 0.29) is 25.5 Å². The molecule has 1 heterocycles. The second-order valence-corrected chi connectivity index (χ2v) is 10.5. The first-order valence-corrected chi connectivity index (χ1v) is 14.9. The molecule has 0 aromatic heterocycles. The van der Waals surface area contributed by atoms with Crippen LogP contribution in [-0.4, -0.2) is 49.3 Å². The number of nitrogens with zero attached hydrogens (tertiary/aromatic N) is 4. The number of azide groups is 1. The van der Waals surface area contributed by atoms with Crippen LogP contribution in [0.4, 0.5) is 0 Å². The standard InChI is InChI=1S/C33H40N6O5/c1-3-4-7-18-35-38-32(41)33(22-26-10-5-6-11-27(26)23-36-39-34)30(25-12-8-13-29(21-25)42-2)44-31(37-33)24-14-16-28(17-15-24)43-20-9-19-40/h5-6,8,10-17,21,30,35,40H,3-4,7,9,18-20,22-23H2,1-2H3,(H,38,41)/t30-,33-/m0/s1. The number of methoxy groups -OCH3 is 1. The lowest BCUT2D eigenvalue weighted by Gasteiger charge is -2.31. The maximum absolute atomic E-state index is 14.3. The molecular weight excluding hydrogens is 560 g/mol. The number of aliphatic hydroxyl groups is 1. The zero-order valence-corrected chi connectivity index (χ0v) is 25.2. The summed E-state index contributed by atoms with van der Waals surface area (Å²) in [6.07, 6.45) is 2.92. The molecule has 0 unspecified atom stereocenters.